The van der Waals surface area contributed by atoms with Crippen LogP contribution < -0.4 is 10.6 Å². The molecule has 6 heteroatoms. The van der Waals surface area contributed by atoms with Crippen LogP contribution in [0.5, 0.6) is 0 Å². The number of carbonyl (C=O) groups excluding carboxylic acids is 1. The predicted octanol–water partition coefficient (Wildman–Crippen LogP) is 1.97. The Bertz CT molecular complexity index is 468. The first kappa shape index (κ1) is 13.9. The maximum Gasteiger partial charge on any atom is 0.326 e. The van der Waals surface area contributed by atoms with Gasteiger partial charge in [0.25, 0.3) is 0 Å². The first-order valence-corrected chi connectivity index (χ1v) is 7.32. The molecule has 0 aliphatic heterocycles. The molecule has 0 aromatic carbocycles. The van der Waals surface area contributed by atoms with Crippen molar-refractivity contribution in [3.63, 3.8) is 0 Å². The number of rotatable bonds is 6. The van der Waals surface area contributed by atoms with Crippen molar-refractivity contribution in [2.45, 2.75) is 38.8 Å². The number of hydrogen-bond donors (Lipinski definition) is 3. The molecule has 1 aliphatic carbocycles. The van der Waals surface area contributed by atoms with Crippen LogP contribution in [-0.4, -0.2) is 23.1 Å². The van der Waals surface area contributed by atoms with Crippen molar-refractivity contribution in [2.24, 2.45) is 5.92 Å². The zero-order chi connectivity index (χ0) is 13.8. The van der Waals surface area contributed by atoms with E-state index in [2.05, 4.69) is 17.6 Å². The van der Waals surface area contributed by atoms with Crippen LogP contribution in [0.4, 0.5) is 4.79 Å². The minimum atomic E-state index is -0.956. The number of thiophene rings is 1. The van der Waals surface area contributed by atoms with Crippen LogP contribution in [-0.2, 0) is 17.8 Å². The van der Waals surface area contributed by atoms with Gasteiger partial charge in [-0.25, -0.2) is 9.59 Å². The normalized spacial score (nSPS) is 15.8. The fourth-order valence-electron chi connectivity index (χ4n) is 2.00. The number of carbonyl (C=O) groups is 2. The van der Waals surface area contributed by atoms with E-state index in [1.807, 2.05) is 11.4 Å². The molecule has 5 nitrogen and oxygen atoms in total. The molecule has 1 aliphatic rings. The molecule has 104 valence electrons. The Morgan fingerprint density at radius 1 is 1.53 bits per heavy atom. The summed E-state index contributed by atoms with van der Waals surface area (Å²) in [6, 6.07) is 0.882. The summed E-state index contributed by atoms with van der Waals surface area (Å²) in [4.78, 5) is 23.8. The van der Waals surface area contributed by atoms with E-state index >= 15 is 0 Å². The third-order valence-electron chi connectivity index (χ3n) is 3.27. The summed E-state index contributed by atoms with van der Waals surface area (Å²) in [6.45, 7) is 2.52. The Hall–Kier alpha value is -1.56. The molecule has 1 saturated carbocycles. The van der Waals surface area contributed by atoms with Crippen molar-refractivity contribution in [1.82, 2.24) is 10.6 Å². The average molecular weight is 282 g/mol. The summed E-state index contributed by atoms with van der Waals surface area (Å²) in [5.41, 5.74) is 1.22. The molecule has 1 unspecified atom stereocenters. The van der Waals surface area contributed by atoms with Gasteiger partial charge in [0.2, 0.25) is 0 Å². The van der Waals surface area contributed by atoms with Crippen LogP contribution in [0.25, 0.3) is 0 Å². The largest absolute Gasteiger partial charge is 0.480 e. The molecule has 0 bridgehead atoms. The highest BCUT2D eigenvalue weighted by Crippen LogP contribution is 2.32. The van der Waals surface area contributed by atoms with E-state index < -0.39 is 18.0 Å². The van der Waals surface area contributed by atoms with E-state index in [9.17, 15) is 9.59 Å². The molecule has 3 N–H and O–H groups in total. The van der Waals surface area contributed by atoms with Crippen LogP contribution >= 0.6 is 11.3 Å². The fraction of sp³-hybridized carbons (Fsp3) is 0.538. The molecule has 1 aromatic rings. The van der Waals surface area contributed by atoms with Crippen LogP contribution in [0, 0.1) is 5.92 Å². The Morgan fingerprint density at radius 3 is 2.84 bits per heavy atom. The standard InChI is InChI=1S/C13H18N2O3S/c1-2-8-5-6-19-10(8)7-14-13(18)15-11(12(16)17)9-3-4-9/h5-6,9,11H,2-4,7H2,1H3,(H,16,17)(H2,14,15,18). The van der Waals surface area contributed by atoms with Gasteiger partial charge in [-0.1, -0.05) is 6.92 Å². The number of nitrogens with one attached hydrogen (secondary N) is 2. The van der Waals surface area contributed by atoms with Gasteiger partial charge >= 0.3 is 12.0 Å². The molecule has 1 atom stereocenters. The van der Waals surface area contributed by atoms with Gasteiger partial charge in [-0.05, 0) is 42.2 Å². The van der Waals surface area contributed by atoms with Crippen molar-refractivity contribution < 1.29 is 14.7 Å². The third-order valence-corrected chi connectivity index (χ3v) is 4.24. The smallest absolute Gasteiger partial charge is 0.326 e. The van der Waals surface area contributed by atoms with Gasteiger partial charge in [0.1, 0.15) is 6.04 Å². The number of carboxylic acids is 1. The van der Waals surface area contributed by atoms with Crippen molar-refractivity contribution >= 4 is 23.3 Å². The number of carboxylic acid groups (broad SMARTS) is 1. The second-order valence-corrected chi connectivity index (χ2v) is 5.70. The highest BCUT2D eigenvalue weighted by Gasteiger charge is 2.37. The SMILES string of the molecule is CCc1ccsc1CNC(=O)NC(C(=O)O)C1CC1. The van der Waals surface area contributed by atoms with E-state index in [0.29, 0.717) is 6.54 Å². The molecule has 0 spiro atoms. The van der Waals surface area contributed by atoms with Crippen molar-refractivity contribution in [2.75, 3.05) is 0 Å². The summed E-state index contributed by atoms with van der Waals surface area (Å²) >= 11 is 1.60. The molecule has 1 aromatic heterocycles. The predicted molar refractivity (Wildman–Crippen MR) is 73.2 cm³/mol. The lowest BCUT2D eigenvalue weighted by molar-refractivity contribution is -0.139. The summed E-state index contributed by atoms with van der Waals surface area (Å²) in [7, 11) is 0. The fourth-order valence-corrected chi connectivity index (χ4v) is 2.92. The number of amides is 2. The van der Waals surface area contributed by atoms with Gasteiger partial charge in [-0.3, -0.25) is 0 Å². The zero-order valence-corrected chi connectivity index (χ0v) is 11.6. The first-order chi connectivity index (χ1) is 9.11. The van der Waals surface area contributed by atoms with Crippen LogP contribution in [0.15, 0.2) is 11.4 Å². The molecule has 19 heavy (non-hydrogen) atoms. The molecule has 2 amide bonds. The van der Waals surface area contributed by atoms with Gasteiger partial charge in [0.15, 0.2) is 0 Å². The third kappa shape index (κ3) is 3.70. The zero-order valence-electron chi connectivity index (χ0n) is 10.8. The van der Waals surface area contributed by atoms with E-state index in [0.717, 1.165) is 24.1 Å². The van der Waals surface area contributed by atoms with Crippen molar-refractivity contribution in [1.29, 1.82) is 0 Å². The quantitative estimate of drug-likeness (QED) is 0.746. The van der Waals surface area contributed by atoms with Gasteiger partial charge in [-0.2, -0.15) is 0 Å². The highest BCUT2D eigenvalue weighted by atomic mass is 32.1. The molecular formula is C13H18N2O3S. The maximum absolute atomic E-state index is 11.7. The van der Waals surface area contributed by atoms with Crippen LogP contribution in [0.2, 0.25) is 0 Å². The molecule has 2 rings (SSSR count). The van der Waals surface area contributed by atoms with Gasteiger partial charge in [-0.15, -0.1) is 11.3 Å². The Balaban J connectivity index is 1.82. The Kier molecular flexibility index (Phi) is 4.42. The first-order valence-electron chi connectivity index (χ1n) is 6.44. The lowest BCUT2D eigenvalue weighted by Crippen LogP contribution is -2.46. The lowest BCUT2D eigenvalue weighted by Gasteiger charge is -2.14. The van der Waals surface area contributed by atoms with Gasteiger partial charge in [0.05, 0.1) is 6.54 Å². The van der Waals surface area contributed by atoms with E-state index in [1.165, 1.54) is 5.56 Å². The summed E-state index contributed by atoms with van der Waals surface area (Å²) in [6.07, 6.45) is 2.69. The summed E-state index contributed by atoms with van der Waals surface area (Å²) < 4.78 is 0. The van der Waals surface area contributed by atoms with E-state index in [4.69, 9.17) is 5.11 Å². The molecule has 0 radical (unpaired) electrons. The monoisotopic (exact) mass is 282 g/mol. The van der Waals surface area contributed by atoms with Crippen molar-refractivity contribution in [3.05, 3.63) is 21.9 Å². The van der Waals surface area contributed by atoms with E-state index in [-0.39, 0.29) is 5.92 Å². The van der Waals surface area contributed by atoms with Gasteiger partial charge < -0.3 is 15.7 Å². The Labute approximate surface area is 116 Å². The van der Waals surface area contributed by atoms with Crippen LogP contribution in [0.3, 0.4) is 0 Å². The van der Waals surface area contributed by atoms with Crippen LogP contribution in [0.1, 0.15) is 30.2 Å². The second-order valence-electron chi connectivity index (χ2n) is 4.70. The number of urea groups is 1. The molecule has 0 saturated heterocycles. The molecular weight excluding hydrogens is 264 g/mol. The minimum absolute atomic E-state index is 0.0937. The second kappa shape index (κ2) is 6.06. The lowest BCUT2D eigenvalue weighted by atomic mass is 10.2. The van der Waals surface area contributed by atoms with Crippen molar-refractivity contribution in [3.8, 4) is 0 Å². The highest BCUT2D eigenvalue weighted by molar-refractivity contribution is 7.10. The molecule has 1 fully saturated rings. The summed E-state index contributed by atoms with van der Waals surface area (Å²) in [5.74, 6) is -0.862. The average Bonchev–Trinajstić information content (AvgIpc) is 3.11. The summed E-state index contributed by atoms with van der Waals surface area (Å²) in [5, 5.41) is 16.3. The van der Waals surface area contributed by atoms with Gasteiger partial charge in [0, 0.05) is 4.88 Å². The topological polar surface area (TPSA) is 78.4 Å². The Morgan fingerprint density at radius 2 is 2.26 bits per heavy atom. The number of aliphatic carboxylic acids is 1. The number of aryl methyl sites for hydroxylation is 1. The minimum Gasteiger partial charge on any atom is -0.480 e. The number of hydrogen-bond acceptors (Lipinski definition) is 3. The van der Waals surface area contributed by atoms with E-state index in [1.54, 1.807) is 11.3 Å². The molecule has 1 heterocycles. The maximum atomic E-state index is 11.7.